The molecule has 6 nitrogen and oxygen atoms in total. The number of hydrogen-bond donors (Lipinski definition) is 2. The lowest BCUT2D eigenvalue weighted by Crippen LogP contribution is -2.17. The summed E-state index contributed by atoms with van der Waals surface area (Å²) in [6, 6.07) is 12.3. The van der Waals surface area contributed by atoms with Crippen LogP contribution in [0.5, 0.6) is 0 Å². The van der Waals surface area contributed by atoms with E-state index in [-0.39, 0.29) is 9.92 Å². The molecule has 1 atom stereocenters. The lowest BCUT2D eigenvalue weighted by molar-refractivity contribution is 0.601. The van der Waals surface area contributed by atoms with Gasteiger partial charge in [0.1, 0.15) is 10.7 Å². The van der Waals surface area contributed by atoms with Crippen molar-refractivity contribution in [1.82, 2.24) is 9.97 Å². The Bertz CT molecular complexity index is 1100. The van der Waals surface area contributed by atoms with Crippen molar-refractivity contribution in [1.29, 1.82) is 0 Å². The molecule has 1 heterocycles. The molecule has 0 aliphatic rings. The quantitative estimate of drug-likeness (QED) is 0.622. The molecule has 3 aromatic rings. The highest BCUT2D eigenvalue weighted by molar-refractivity contribution is 7.92. The molecule has 0 amide bonds. The second-order valence-electron chi connectivity index (χ2n) is 6.29. The third-order valence-corrected chi connectivity index (χ3v) is 6.08. The summed E-state index contributed by atoms with van der Waals surface area (Å²) in [6.07, 6.45) is 0. The zero-order chi connectivity index (χ0) is 20.5. The van der Waals surface area contributed by atoms with Gasteiger partial charge in [-0.25, -0.2) is 18.4 Å². The molecule has 0 fully saturated rings. The zero-order valence-electron chi connectivity index (χ0n) is 15.1. The number of hydrogen-bond acceptors (Lipinski definition) is 5. The highest BCUT2D eigenvalue weighted by Gasteiger charge is 2.19. The van der Waals surface area contributed by atoms with E-state index in [0.717, 1.165) is 17.0 Å². The molecule has 0 radical (unpaired) electrons. The van der Waals surface area contributed by atoms with Crippen LogP contribution in [-0.2, 0) is 10.0 Å². The molecule has 9 heteroatoms. The summed E-state index contributed by atoms with van der Waals surface area (Å²) >= 11 is 11.8. The second kappa shape index (κ2) is 8.05. The van der Waals surface area contributed by atoms with Crippen molar-refractivity contribution >= 4 is 38.9 Å². The molecule has 1 aromatic heterocycles. The van der Waals surface area contributed by atoms with Crippen molar-refractivity contribution in [3.05, 3.63) is 81.4 Å². The summed E-state index contributed by atoms with van der Waals surface area (Å²) in [7, 11) is -3.85. The van der Waals surface area contributed by atoms with E-state index in [9.17, 15) is 8.42 Å². The first-order valence-electron chi connectivity index (χ1n) is 8.31. The van der Waals surface area contributed by atoms with Gasteiger partial charge in [0.2, 0.25) is 0 Å². The van der Waals surface area contributed by atoms with Crippen molar-refractivity contribution in [3.8, 4) is 0 Å². The van der Waals surface area contributed by atoms with E-state index in [4.69, 9.17) is 28.9 Å². The maximum absolute atomic E-state index is 12.6. The smallest absolute Gasteiger partial charge is 0.263 e. The van der Waals surface area contributed by atoms with Gasteiger partial charge in [-0.1, -0.05) is 35.3 Å². The number of nitrogens with one attached hydrogen (secondary N) is 1. The van der Waals surface area contributed by atoms with Crippen molar-refractivity contribution in [2.45, 2.75) is 24.8 Å². The van der Waals surface area contributed by atoms with Crippen LogP contribution in [0.2, 0.25) is 10.0 Å². The van der Waals surface area contributed by atoms with Crippen molar-refractivity contribution in [2.75, 3.05) is 4.72 Å². The van der Waals surface area contributed by atoms with Crippen molar-refractivity contribution < 1.29 is 8.42 Å². The summed E-state index contributed by atoms with van der Waals surface area (Å²) in [5, 5.41) is 0.404. The number of rotatable bonds is 5. The van der Waals surface area contributed by atoms with E-state index >= 15 is 0 Å². The van der Waals surface area contributed by atoms with Crippen LogP contribution >= 0.6 is 23.2 Å². The Morgan fingerprint density at radius 1 is 0.964 bits per heavy atom. The maximum atomic E-state index is 12.6. The number of nitrogens with zero attached hydrogens (tertiary/aromatic N) is 2. The first-order valence-corrected chi connectivity index (χ1v) is 10.6. The summed E-state index contributed by atoms with van der Waals surface area (Å²) in [5.41, 5.74) is 9.07. The molecular weight excluding hydrogens is 419 g/mol. The normalized spacial score (nSPS) is 12.6. The molecular formula is C19H18Cl2N4O2S. The summed E-state index contributed by atoms with van der Waals surface area (Å²) < 4.78 is 27.6. The standard InChI is InChI=1S/C19H18Cl2N4O2S/c1-11-9-12(2)24-19(23-11)18(22)13-3-6-15(7-4-13)25-28(26,27)17-8-5-14(20)10-16(17)21/h3-10,18,25H,22H2,1-2H3. The summed E-state index contributed by atoms with van der Waals surface area (Å²) in [4.78, 5) is 8.70. The molecule has 146 valence electrons. The molecule has 3 N–H and O–H groups in total. The minimum absolute atomic E-state index is 0.0469. The Morgan fingerprint density at radius 2 is 1.57 bits per heavy atom. The number of anilines is 1. The molecule has 0 saturated carbocycles. The van der Waals surface area contributed by atoms with Crippen LogP contribution in [0.15, 0.2) is 53.4 Å². The molecule has 0 saturated heterocycles. The number of halogens is 2. The fourth-order valence-electron chi connectivity index (χ4n) is 2.70. The van der Waals surface area contributed by atoms with Crippen LogP contribution in [0.3, 0.4) is 0 Å². The average molecular weight is 437 g/mol. The molecule has 0 spiro atoms. The first-order chi connectivity index (χ1) is 13.2. The van der Waals surface area contributed by atoms with E-state index in [0.29, 0.717) is 16.5 Å². The van der Waals surface area contributed by atoms with Crippen LogP contribution in [-0.4, -0.2) is 18.4 Å². The van der Waals surface area contributed by atoms with Gasteiger partial charge in [0.25, 0.3) is 10.0 Å². The van der Waals surface area contributed by atoms with Crippen LogP contribution in [0.25, 0.3) is 0 Å². The highest BCUT2D eigenvalue weighted by Crippen LogP contribution is 2.27. The maximum Gasteiger partial charge on any atom is 0.263 e. The van der Waals surface area contributed by atoms with Gasteiger partial charge < -0.3 is 5.73 Å². The fourth-order valence-corrected chi connectivity index (χ4v) is 4.54. The lowest BCUT2D eigenvalue weighted by atomic mass is 10.1. The minimum Gasteiger partial charge on any atom is -0.318 e. The van der Waals surface area contributed by atoms with Crippen molar-refractivity contribution in [2.24, 2.45) is 5.73 Å². The van der Waals surface area contributed by atoms with Crippen LogP contribution in [0.1, 0.15) is 28.8 Å². The number of aromatic nitrogens is 2. The molecule has 0 bridgehead atoms. The zero-order valence-corrected chi connectivity index (χ0v) is 17.5. The number of aryl methyl sites for hydroxylation is 2. The topological polar surface area (TPSA) is 98.0 Å². The van der Waals surface area contributed by atoms with E-state index in [1.54, 1.807) is 24.3 Å². The molecule has 28 heavy (non-hydrogen) atoms. The predicted molar refractivity (Wildman–Crippen MR) is 111 cm³/mol. The lowest BCUT2D eigenvalue weighted by Gasteiger charge is -2.14. The first kappa shape index (κ1) is 20.5. The van der Waals surface area contributed by atoms with E-state index in [1.807, 2.05) is 19.9 Å². The van der Waals surface area contributed by atoms with E-state index in [1.165, 1.54) is 18.2 Å². The number of sulfonamides is 1. The molecule has 0 aliphatic heterocycles. The van der Waals surface area contributed by atoms with E-state index < -0.39 is 16.1 Å². The van der Waals surface area contributed by atoms with Crippen LogP contribution in [0.4, 0.5) is 5.69 Å². The Hall–Kier alpha value is -2.19. The minimum atomic E-state index is -3.85. The Balaban J connectivity index is 1.82. The summed E-state index contributed by atoms with van der Waals surface area (Å²) in [6.45, 7) is 3.76. The van der Waals surface area contributed by atoms with Gasteiger partial charge in [-0.3, -0.25) is 4.72 Å². The Kier molecular flexibility index (Phi) is 5.90. The van der Waals surface area contributed by atoms with Gasteiger partial charge in [-0.05, 0) is 55.8 Å². The van der Waals surface area contributed by atoms with Crippen molar-refractivity contribution in [3.63, 3.8) is 0 Å². The van der Waals surface area contributed by atoms with Gasteiger partial charge in [0.05, 0.1) is 11.1 Å². The van der Waals surface area contributed by atoms with Gasteiger partial charge in [0.15, 0.2) is 0 Å². The molecule has 0 aliphatic carbocycles. The largest absolute Gasteiger partial charge is 0.318 e. The number of nitrogens with two attached hydrogens (primary N) is 1. The SMILES string of the molecule is Cc1cc(C)nc(C(N)c2ccc(NS(=O)(=O)c3ccc(Cl)cc3Cl)cc2)n1. The van der Waals surface area contributed by atoms with E-state index in [2.05, 4.69) is 14.7 Å². The second-order valence-corrected chi connectivity index (χ2v) is 8.78. The Morgan fingerprint density at radius 3 is 2.14 bits per heavy atom. The summed E-state index contributed by atoms with van der Waals surface area (Å²) in [5.74, 6) is 0.513. The fraction of sp³-hybridized carbons (Fsp3) is 0.158. The number of benzene rings is 2. The Labute approximate surface area is 173 Å². The average Bonchev–Trinajstić information content (AvgIpc) is 2.60. The third kappa shape index (κ3) is 4.62. The third-order valence-electron chi connectivity index (χ3n) is 3.98. The van der Waals surface area contributed by atoms with Crippen LogP contribution in [0, 0.1) is 13.8 Å². The highest BCUT2D eigenvalue weighted by atomic mass is 35.5. The van der Waals surface area contributed by atoms with Gasteiger partial charge in [0, 0.05) is 22.1 Å². The molecule has 1 unspecified atom stereocenters. The molecule has 3 rings (SSSR count). The van der Waals surface area contributed by atoms with Gasteiger partial charge >= 0.3 is 0 Å². The monoisotopic (exact) mass is 436 g/mol. The van der Waals surface area contributed by atoms with Crippen LogP contribution < -0.4 is 10.5 Å². The molecule has 2 aromatic carbocycles. The predicted octanol–water partition coefficient (Wildman–Crippen LogP) is 4.25. The van der Waals surface area contributed by atoms with Gasteiger partial charge in [-0.2, -0.15) is 0 Å². The van der Waals surface area contributed by atoms with Gasteiger partial charge in [-0.15, -0.1) is 0 Å².